The average molecular weight is 250 g/mol. The molecule has 0 atom stereocenters. The first-order chi connectivity index (χ1) is 8.58. The van der Waals surface area contributed by atoms with Crippen molar-refractivity contribution in [3.8, 4) is 0 Å². The van der Waals surface area contributed by atoms with E-state index in [1.165, 1.54) is 12.8 Å². The van der Waals surface area contributed by atoms with Gasteiger partial charge in [-0.2, -0.15) is 5.10 Å². The van der Waals surface area contributed by atoms with E-state index in [0.29, 0.717) is 18.7 Å². The molecule has 0 aliphatic heterocycles. The molecule has 1 aliphatic carbocycles. The zero-order valence-corrected chi connectivity index (χ0v) is 11.2. The molecule has 1 fully saturated rings. The zero-order valence-electron chi connectivity index (χ0n) is 11.2. The van der Waals surface area contributed by atoms with Crippen LogP contribution in [0.4, 0.5) is 0 Å². The summed E-state index contributed by atoms with van der Waals surface area (Å²) in [6.07, 6.45) is 6.30. The lowest BCUT2D eigenvalue weighted by molar-refractivity contribution is 0.0931. The Balaban J connectivity index is 1.98. The Kier molecular flexibility index (Phi) is 3.71. The van der Waals surface area contributed by atoms with Gasteiger partial charge in [-0.05, 0) is 31.7 Å². The third kappa shape index (κ3) is 2.41. The summed E-state index contributed by atoms with van der Waals surface area (Å²) >= 11 is 0. The van der Waals surface area contributed by atoms with Gasteiger partial charge in [-0.3, -0.25) is 9.48 Å². The van der Waals surface area contributed by atoms with E-state index in [-0.39, 0.29) is 11.3 Å². The predicted molar refractivity (Wildman–Crippen MR) is 70.2 cm³/mol. The molecule has 5 heteroatoms. The molecule has 0 saturated heterocycles. The Morgan fingerprint density at radius 1 is 1.56 bits per heavy atom. The van der Waals surface area contributed by atoms with E-state index in [4.69, 9.17) is 5.73 Å². The van der Waals surface area contributed by atoms with E-state index >= 15 is 0 Å². The molecule has 0 spiro atoms. The van der Waals surface area contributed by atoms with Gasteiger partial charge in [-0.25, -0.2) is 0 Å². The lowest BCUT2D eigenvalue weighted by atomic mass is 9.86. The zero-order chi connectivity index (χ0) is 13.2. The lowest BCUT2D eigenvalue weighted by Gasteiger charge is -2.27. The van der Waals surface area contributed by atoms with Crippen molar-refractivity contribution in [3.63, 3.8) is 0 Å². The molecule has 2 rings (SSSR count). The van der Waals surface area contributed by atoms with Gasteiger partial charge in [0.25, 0.3) is 5.91 Å². The molecule has 1 saturated carbocycles. The number of hydrogen-bond acceptors (Lipinski definition) is 3. The third-order valence-electron chi connectivity index (χ3n) is 4.20. The van der Waals surface area contributed by atoms with Crippen molar-refractivity contribution in [2.75, 3.05) is 13.1 Å². The van der Waals surface area contributed by atoms with Gasteiger partial charge in [0, 0.05) is 19.3 Å². The first-order valence-electron chi connectivity index (χ1n) is 6.55. The minimum atomic E-state index is -0.0414. The van der Waals surface area contributed by atoms with Crippen LogP contribution in [0.2, 0.25) is 0 Å². The summed E-state index contributed by atoms with van der Waals surface area (Å²) < 4.78 is 1.71. The number of carbonyl (C=O) groups is 1. The van der Waals surface area contributed by atoms with Crippen LogP contribution < -0.4 is 11.1 Å². The van der Waals surface area contributed by atoms with Gasteiger partial charge < -0.3 is 11.1 Å². The normalized spacial score (nSPS) is 17.9. The van der Waals surface area contributed by atoms with E-state index in [1.807, 2.05) is 14.0 Å². The molecule has 5 nitrogen and oxygen atoms in total. The maximum absolute atomic E-state index is 12.1. The molecular weight excluding hydrogens is 228 g/mol. The van der Waals surface area contributed by atoms with Crippen LogP contribution >= 0.6 is 0 Å². The number of carbonyl (C=O) groups excluding carboxylic acids is 1. The molecule has 1 aromatic rings. The second kappa shape index (κ2) is 5.10. The van der Waals surface area contributed by atoms with Crippen LogP contribution in [0.15, 0.2) is 6.20 Å². The third-order valence-corrected chi connectivity index (χ3v) is 4.20. The van der Waals surface area contributed by atoms with Crippen LogP contribution in [0.25, 0.3) is 0 Å². The standard InChI is InChI=1S/C13H22N4O/c1-10-11(7-16-17(10)2)12(18)15-9-13(8-14)5-3-4-6-13/h7H,3-6,8-9,14H2,1-2H3,(H,15,18). The van der Waals surface area contributed by atoms with Gasteiger partial charge in [0.05, 0.1) is 11.8 Å². The molecule has 3 N–H and O–H groups in total. The Morgan fingerprint density at radius 2 is 2.22 bits per heavy atom. The largest absolute Gasteiger partial charge is 0.351 e. The van der Waals surface area contributed by atoms with Crippen molar-refractivity contribution >= 4 is 5.91 Å². The Labute approximate surface area is 108 Å². The molecule has 1 aliphatic rings. The average Bonchev–Trinajstić information content (AvgIpc) is 2.96. The second-order valence-corrected chi connectivity index (χ2v) is 5.36. The second-order valence-electron chi connectivity index (χ2n) is 5.36. The van der Waals surface area contributed by atoms with Gasteiger partial charge in [-0.15, -0.1) is 0 Å². The number of hydrogen-bond donors (Lipinski definition) is 2. The van der Waals surface area contributed by atoms with Crippen molar-refractivity contribution < 1.29 is 4.79 Å². The van der Waals surface area contributed by atoms with Gasteiger partial charge in [0.15, 0.2) is 0 Å². The molecule has 1 amide bonds. The topological polar surface area (TPSA) is 72.9 Å². The van der Waals surface area contributed by atoms with Crippen molar-refractivity contribution in [2.45, 2.75) is 32.6 Å². The van der Waals surface area contributed by atoms with Crippen LogP contribution in [0, 0.1) is 12.3 Å². The maximum atomic E-state index is 12.1. The highest BCUT2D eigenvalue weighted by Crippen LogP contribution is 2.36. The van der Waals surface area contributed by atoms with Crippen LogP contribution in [0.3, 0.4) is 0 Å². The van der Waals surface area contributed by atoms with E-state index in [2.05, 4.69) is 10.4 Å². The van der Waals surface area contributed by atoms with Crippen LogP contribution in [-0.2, 0) is 7.05 Å². The Hall–Kier alpha value is -1.36. The molecule has 100 valence electrons. The van der Waals surface area contributed by atoms with E-state index in [1.54, 1.807) is 10.9 Å². The summed E-state index contributed by atoms with van der Waals surface area (Å²) in [5.74, 6) is -0.0414. The molecule has 18 heavy (non-hydrogen) atoms. The van der Waals surface area contributed by atoms with Gasteiger partial charge in [-0.1, -0.05) is 12.8 Å². The highest BCUT2D eigenvalue weighted by Gasteiger charge is 2.32. The maximum Gasteiger partial charge on any atom is 0.254 e. The lowest BCUT2D eigenvalue weighted by Crippen LogP contribution is -2.40. The number of nitrogens with one attached hydrogen (secondary N) is 1. The first-order valence-corrected chi connectivity index (χ1v) is 6.55. The number of nitrogens with zero attached hydrogens (tertiary/aromatic N) is 2. The predicted octanol–water partition coefficient (Wildman–Crippen LogP) is 0.977. The molecule has 0 bridgehead atoms. The number of aromatic nitrogens is 2. The van der Waals surface area contributed by atoms with Crippen LogP contribution in [-0.4, -0.2) is 28.8 Å². The monoisotopic (exact) mass is 250 g/mol. The van der Waals surface area contributed by atoms with Crippen LogP contribution in [0.1, 0.15) is 41.7 Å². The SMILES string of the molecule is Cc1c(C(=O)NCC2(CN)CCCC2)cnn1C. The van der Waals surface area contributed by atoms with E-state index in [0.717, 1.165) is 18.5 Å². The fourth-order valence-electron chi connectivity index (χ4n) is 2.66. The summed E-state index contributed by atoms with van der Waals surface area (Å²) in [5.41, 5.74) is 7.52. The first kappa shape index (κ1) is 13.1. The van der Waals surface area contributed by atoms with E-state index < -0.39 is 0 Å². The molecule has 0 unspecified atom stereocenters. The van der Waals surface area contributed by atoms with Gasteiger partial charge in [0.2, 0.25) is 0 Å². The summed E-state index contributed by atoms with van der Waals surface area (Å²) in [5, 5.41) is 7.10. The fourth-order valence-corrected chi connectivity index (χ4v) is 2.66. The molecule has 0 aromatic carbocycles. The van der Waals surface area contributed by atoms with Crippen molar-refractivity contribution in [3.05, 3.63) is 17.5 Å². The molecule has 1 heterocycles. The summed E-state index contributed by atoms with van der Waals surface area (Å²) in [7, 11) is 1.84. The Bertz CT molecular complexity index is 432. The summed E-state index contributed by atoms with van der Waals surface area (Å²) in [6.45, 7) is 3.23. The smallest absolute Gasteiger partial charge is 0.254 e. The molecule has 1 aromatic heterocycles. The van der Waals surface area contributed by atoms with Crippen molar-refractivity contribution in [1.29, 1.82) is 0 Å². The van der Waals surface area contributed by atoms with Crippen molar-refractivity contribution in [2.24, 2.45) is 18.2 Å². The van der Waals surface area contributed by atoms with E-state index in [9.17, 15) is 4.79 Å². The number of amides is 1. The number of aryl methyl sites for hydroxylation is 1. The minimum absolute atomic E-state index is 0.0414. The quantitative estimate of drug-likeness (QED) is 0.836. The summed E-state index contributed by atoms with van der Waals surface area (Å²) in [6, 6.07) is 0. The number of rotatable bonds is 4. The highest BCUT2D eigenvalue weighted by atomic mass is 16.1. The summed E-state index contributed by atoms with van der Waals surface area (Å²) in [4.78, 5) is 12.1. The van der Waals surface area contributed by atoms with Crippen molar-refractivity contribution in [1.82, 2.24) is 15.1 Å². The molecule has 0 radical (unpaired) electrons. The molecular formula is C13H22N4O. The highest BCUT2D eigenvalue weighted by molar-refractivity contribution is 5.95. The fraction of sp³-hybridized carbons (Fsp3) is 0.692. The van der Waals surface area contributed by atoms with Gasteiger partial charge in [0.1, 0.15) is 0 Å². The number of nitrogens with two attached hydrogens (primary N) is 1. The van der Waals surface area contributed by atoms with Crippen LogP contribution in [0.5, 0.6) is 0 Å². The minimum Gasteiger partial charge on any atom is -0.351 e. The Morgan fingerprint density at radius 3 is 2.72 bits per heavy atom. The van der Waals surface area contributed by atoms with Gasteiger partial charge >= 0.3 is 0 Å².